The molecule has 0 radical (unpaired) electrons. The third-order valence-corrected chi connectivity index (χ3v) is 4.71. The van der Waals surface area contributed by atoms with Crippen LogP contribution < -0.4 is 0 Å². The molecule has 0 unspecified atom stereocenters. The number of rotatable bonds is 4. The largest absolute Gasteiger partial charge is 0.324 e. The van der Waals surface area contributed by atoms with Crippen molar-refractivity contribution in [3.8, 4) is 0 Å². The minimum atomic E-state index is -0.414. The molecule has 6 nitrogen and oxygen atoms in total. The second-order valence-electron chi connectivity index (χ2n) is 4.01. The highest BCUT2D eigenvalue weighted by atomic mass is 35.5. The molecule has 0 spiro atoms. The van der Waals surface area contributed by atoms with Gasteiger partial charge in [-0.05, 0) is 24.3 Å². The molecule has 0 saturated carbocycles. The number of benzene rings is 1. The number of azo groups is 1. The van der Waals surface area contributed by atoms with Crippen LogP contribution in [0.1, 0.15) is 4.88 Å². The summed E-state index contributed by atoms with van der Waals surface area (Å²) in [6.45, 7) is 0.301. The first-order valence-electron chi connectivity index (χ1n) is 5.78. The Balaban J connectivity index is 1.73. The number of nitrogens with zero attached hydrogens (tertiary/aromatic N) is 4. The molecule has 0 amide bonds. The van der Waals surface area contributed by atoms with Crippen LogP contribution in [0.5, 0.6) is 0 Å². The van der Waals surface area contributed by atoms with E-state index < -0.39 is 4.92 Å². The van der Waals surface area contributed by atoms with Crippen molar-refractivity contribution in [3.05, 3.63) is 50.3 Å². The normalized spacial score (nSPS) is 11.5. The number of thiazole rings is 1. The Kier molecular flexibility index (Phi) is 3.91. The van der Waals surface area contributed by atoms with E-state index in [9.17, 15) is 10.1 Å². The summed E-state index contributed by atoms with van der Waals surface area (Å²) in [4.78, 5) is 15.3. The highest BCUT2D eigenvalue weighted by Crippen LogP contribution is 2.30. The van der Waals surface area contributed by atoms with Gasteiger partial charge < -0.3 is 0 Å². The SMILES string of the molecule is O=[N+]([O-])c1ccc(CN=Nc2nc3ccc(Cl)cc3s2)s1. The van der Waals surface area contributed by atoms with E-state index in [1.807, 2.05) is 12.1 Å². The third-order valence-electron chi connectivity index (χ3n) is 2.55. The van der Waals surface area contributed by atoms with Crippen molar-refractivity contribution in [1.82, 2.24) is 4.98 Å². The van der Waals surface area contributed by atoms with Crippen LogP contribution in [-0.4, -0.2) is 9.91 Å². The summed E-state index contributed by atoms with van der Waals surface area (Å²) in [5, 5.41) is 20.0. The molecule has 0 saturated heterocycles. The molecular weight excluding hydrogens is 332 g/mol. The van der Waals surface area contributed by atoms with Gasteiger partial charge in [0.2, 0.25) is 5.13 Å². The first kappa shape index (κ1) is 14.1. The lowest BCUT2D eigenvalue weighted by Gasteiger charge is -1.86. The van der Waals surface area contributed by atoms with Crippen molar-refractivity contribution in [2.24, 2.45) is 10.2 Å². The standard InChI is InChI=1S/C12H7ClN4O2S2/c13-7-1-3-9-10(5-7)21-12(15-9)16-14-6-8-2-4-11(20-8)17(18)19/h1-5H,6H2. The molecular formula is C12H7ClN4O2S2. The first-order valence-corrected chi connectivity index (χ1v) is 7.79. The summed E-state index contributed by atoms with van der Waals surface area (Å²) < 4.78 is 0.947. The van der Waals surface area contributed by atoms with E-state index in [1.165, 1.54) is 17.4 Å². The van der Waals surface area contributed by atoms with E-state index >= 15 is 0 Å². The fourth-order valence-electron chi connectivity index (χ4n) is 1.64. The van der Waals surface area contributed by atoms with Gasteiger partial charge in [0.05, 0.1) is 21.7 Å². The quantitative estimate of drug-likeness (QED) is 0.372. The molecule has 0 bridgehead atoms. The predicted octanol–water partition coefficient (Wildman–Crippen LogP) is 5.20. The van der Waals surface area contributed by atoms with Crippen LogP contribution in [0.4, 0.5) is 10.1 Å². The second kappa shape index (κ2) is 5.84. The van der Waals surface area contributed by atoms with Crippen LogP contribution in [0.25, 0.3) is 10.2 Å². The van der Waals surface area contributed by atoms with Gasteiger partial charge in [0.15, 0.2) is 0 Å². The molecule has 0 aliphatic rings. The minimum absolute atomic E-state index is 0.106. The Morgan fingerprint density at radius 3 is 2.90 bits per heavy atom. The number of aromatic nitrogens is 1. The fraction of sp³-hybridized carbons (Fsp3) is 0.0833. The molecule has 0 N–H and O–H groups in total. The average molecular weight is 339 g/mol. The summed E-state index contributed by atoms with van der Waals surface area (Å²) >= 11 is 8.40. The summed E-state index contributed by atoms with van der Waals surface area (Å²) in [5.74, 6) is 0. The van der Waals surface area contributed by atoms with Gasteiger partial charge in [-0.25, -0.2) is 4.98 Å². The Labute approximate surface area is 131 Å². The maximum absolute atomic E-state index is 10.6. The minimum Gasteiger partial charge on any atom is -0.258 e. The molecule has 2 aromatic heterocycles. The van der Waals surface area contributed by atoms with Crippen LogP contribution in [0, 0.1) is 10.1 Å². The predicted molar refractivity (Wildman–Crippen MR) is 83.8 cm³/mol. The number of nitro groups is 1. The molecule has 0 aliphatic heterocycles. The lowest BCUT2D eigenvalue weighted by atomic mass is 10.3. The number of halogens is 1. The van der Waals surface area contributed by atoms with Gasteiger partial charge in [-0.2, -0.15) is 5.11 Å². The molecule has 3 aromatic rings. The Morgan fingerprint density at radius 2 is 2.14 bits per heavy atom. The van der Waals surface area contributed by atoms with E-state index in [1.54, 1.807) is 12.1 Å². The molecule has 9 heteroatoms. The number of fused-ring (bicyclic) bond motifs is 1. The zero-order valence-electron chi connectivity index (χ0n) is 10.4. The van der Waals surface area contributed by atoms with Gasteiger partial charge in [-0.3, -0.25) is 10.1 Å². The summed E-state index contributed by atoms with van der Waals surface area (Å²) in [7, 11) is 0. The summed E-state index contributed by atoms with van der Waals surface area (Å²) in [6.07, 6.45) is 0. The van der Waals surface area contributed by atoms with Gasteiger partial charge >= 0.3 is 5.00 Å². The van der Waals surface area contributed by atoms with E-state index in [0.29, 0.717) is 16.7 Å². The lowest BCUT2D eigenvalue weighted by molar-refractivity contribution is -0.380. The monoisotopic (exact) mass is 338 g/mol. The highest BCUT2D eigenvalue weighted by molar-refractivity contribution is 7.22. The second-order valence-corrected chi connectivity index (χ2v) is 6.60. The van der Waals surface area contributed by atoms with Gasteiger partial charge in [0.1, 0.15) is 0 Å². The van der Waals surface area contributed by atoms with Crippen LogP contribution in [0.2, 0.25) is 5.02 Å². The maximum Gasteiger partial charge on any atom is 0.324 e. The lowest BCUT2D eigenvalue weighted by Crippen LogP contribution is -1.80. The van der Waals surface area contributed by atoms with E-state index in [2.05, 4.69) is 15.2 Å². The maximum atomic E-state index is 10.6. The van der Waals surface area contributed by atoms with Crippen molar-refractivity contribution in [2.45, 2.75) is 6.54 Å². The van der Waals surface area contributed by atoms with Crippen molar-refractivity contribution in [2.75, 3.05) is 0 Å². The number of hydrogen-bond acceptors (Lipinski definition) is 7. The van der Waals surface area contributed by atoms with Crippen molar-refractivity contribution in [1.29, 1.82) is 0 Å². The smallest absolute Gasteiger partial charge is 0.258 e. The fourth-order valence-corrected chi connectivity index (χ4v) is 3.46. The number of thiophene rings is 1. The van der Waals surface area contributed by atoms with Gasteiger partial charge in [-0.15, -0.1) is 5.11 Å². The third kappa shape index (κ3) is 3.23. The Morgan fingerprint density at radius 1 is 1.29 bits per heavy atom. The van der Waals surface area contributed by atoms with Gasteiger partial charge in [-0.1, -0.05) is 34.3 Å². The van der Waals surface area contributed by atoms with Crippen LogP contribution in [0.3, 0.4) is 0 Å². The van der Waals surface area contributed by atoms with E-state index in [4.69, 9.17) is 11.6 Å². The van der Waals surface area contributed by atoms with Crippen molar-refractivity contribution in [3.63, 3.8) is 0 Å². The average Bonchev–Trinajstić information content (AvgIpc) is 3.04. The molecule has 3 rings (SSSR count). The number of hydrogen-bond donors (Lipinski definition) is 0. The Bertz CT molecular complexity index is 843. The van der Waals surface area contributed by atoms with Gasteiger partial charge in [0, 0.05) is 16.0 Å². The molecule has 21 heavy (non-hydrogen) atoms. The van der Waals surface area contributed by atoms with Crippen LogP contribution >= 0.6 is 34.3 Å². The topological polar surface area (TPSA) is 80.8 Å². The molecule has 0 fully saturated rings. The van der Waals surface area contributed by atoms with Crippen LogP contribution in [0.15, 0.2) is 40.6 Å². The molecule has 106 valence electrons. The van der Waals surface area contributed by atoms with Crippen molar-refractivity contribution < 1.29 is 4.92 Å². The van der Waals surface area contributed by atoms with Gasteiger partial charge in [0.25, 0.3) is 0 Å². The van der Waals surface area contributed by atoms with Crippen molar-refractivity contribution >= 4 is 54.6 Å². The zero-order valence-corrected chi connectivity index (χ0v) is 12.8. The zero-order chi connectivity index (χ0) is 14.8. The summed E-state index contributed by atoms with van der Waals surface area (Å²) in [6, 6.07) is 8.58. The first-order chi connectivity index (χ1) is 10.1. The highest BCUT2D eigenvalue weighted by Gasteiger charge is 2.09. The van der Waals surface area contributed by atoms with E-state index in [0.717, 1.165) is 26.4 Å². The molecule has 1 aromatic carbocycles. The molecule has 0 atom stereocenters. The summed E-state index contributed by atoms with van der Waals surface area (Å²) in [5.41, 5.74) is 0.824. The van der Waals surface area contributed by atoms with E-state index in [-0.39, 0.29) is 5.00 Å². The molecule has 0 aliphatic carbocycles. The Hall–Kier alpha value is -1.90. The van der Waals surface area contributed by atoms with Crippen LogP contribution in [-0.2, 0) is 6.54 Å². The molecule has 2 heterocycles.